The fraction of sp³-hybridized carbons (Fsp3) is 0.750. The lowest BCUT2D eigenvalue weighted by Gasteiger charge is -2.10. The van der Waals surface area contributed by atoms with Gasteiger partial charge < -0.3 is 10.2 Å². The lowest BCUT2D eigenvalue weighted by Crippen LogP contribution is -2.36. The summed E-state index contributed by atoms with van der Waals surface area (Å²) in [7, 11) is 0. The van der Waals surface area contributed by atoms with Crippen molar-refractivity contribution < 1.29 is 19.4 Å². The molecule has 48 valence electrons. The summed E-state index contributed by atoms with van der Waals surface area (Å²) in [6.07, 6.45) is 0. The highest BCUT2D eigenvalue weighted by Gasteiger charge is 2.29. The Kier molecular flexibility index (Phi) is 1.92. The lowest BCUT2D eigenvalue weighted by atomic mass is 10.1. The number of aliphatic carboxylic acids is 1. The maximum absolute atomic E-state index is 11.4. The molecule has 0 bridgehead atoms. The number of hydrogen-bond donors (Lipinski definition) is 2. The predicted molar refractivity (Wildman–Crippen MR) is 24.2 cm³/mol. The fourth-order valence-corrected chi connectivity index (χ4v) is 0.0572. The minimum Gasteiger partial charge on any atom is -0.479 e. The molecule has 0 spiro atoms. The van der Waals surface area contributed by atoms with Crippen molar-refractivity contribution >= 4 is 5.97 Å². The summed E-state index contributed by atoms with van der Waals surface area (Å²) in [5.41, 5.74) is -2.21. The zero-order valence-electron chi connectivity index (χ0n) is 4.39. The first kappa shape index (κ1) is 7.36. The highest BCUT2D eigenvalue weighted by Crippen LogP contribution is 2.01. The maximum atomic E-state index is 11.4. The molecule has 0 saturated carbocycles. The molecule has 0 aliphatic heterocycles. The predicted octanol–water partition coefficient (Wildman–Crippen LogP) is -0.208. The van der Waals surface area contributed by atoms with E-state index in [9.17, 15) is 9.18 Å². The quantitative estimate of drug-likeness (QED) is 0.532. The van der Waals surface area contributed by atoms with Crippen molar-refractivity contribution in [2.45, 2.75) is 12.5 Å². The lowest BCUT2D eigenvalue weighted by molar-refractivity contribution is -0.157. The monoisotopic (exact) mass is 122 g/mol. The number of halogens is 1. The molecular weight excluding hydrogens is 115 g/mol. The van der Waals surface area contributed by atoms with Crippen LogP contribution in [0.15, 0.2) is 0 Å². The Morgan fingerprint density at radius 1 is 1.88 bits per heavy atom. The first-order chi connectivity index (χ1) is 3.50. The second-order valence-electron chi connectivity index (χ2n) is 1.71. The Bertz CT molecular complexity index is 99.5. The summed E-state index contributed by atoms with van der Waals surface area (Å²) >= 11 is 0. The molecule has 0 aromatic heterocycles. The van der Waals surface area contributed by atoms with Crippen molar-refractivity contribution in [2.75, 3.05) is 6.67 Å². The molecule has 4 heteroatoms. The summed E-state index contributed by atoms with van der Waals surface area (Å²) in [4.78, 5) is 9.76. The molecule has 2 N–H and O–H groups in total. The van der Waals surface area contributed by atoms with Crippen LogP contribution in [-0.2, 0) is 4.79 Å². The first-order valence-electron chi connectivity index (χ1n) is 2.02. The molecule has 0 rings (SSSR count). The summed E-state index contributed by atoms with van der Waals surface area (Å²) in [5, 5.41) is 16.4. The Morgan fingerprint density at radius 2 is 2.25 bits per heavy atom. The number of carbonyl (C=O) groups is 1. The Hall–Kier alpha value is -0.640. The molecule has 0 fully saturated rings. The Morgan fingerprint density at radius 3 is 2.25 bits per heavy atom. The molecule has 0 aromatic carbocycles. The van der Waals surface area contributed by atoms with Gasteiger partial charge >= 0.3 is 5.97 Å². The molecule has 0 heterocycles. The van der Waals surface area contributed by atoms with E-state index in [1.807, 2.05) is 0 Å². The molecule has 3 nitrogen and oxygen atoms in total. The van der Waals surface area contributed by atoms with E-state index >= 15 is 0 Å². The molecule has 1 atom stereocenters. The summed E-state index contributed by atoms with van der Waals surface area (Å²) in [6, 6.07) is 0. The second kappa shape index (κ2) is 2.09. The van der Waals surface area contributed by atoms with Crippen LogP contribution in [0.2, 0.25) is 0 Å². The maximum Gasteiger partial charge on any atom is 0.338 e. The van der Waals surface area contributed by atoms with E-state index in [0.29, 0.717) is 0 Å². The van der Waals surface area contributed by atoms with E-state index in [0.717, 1.165) is 6.92 Å². The van der Waals surface area contributed by atoms with Crippen molar-refractivity contribution in [3.05, 3.63) is 0 Å². The highest BCUT2D eigenvalue weighted by atomic mass is 19.1. The van der Waals surface area contributed by atoms with Crippen LogP contribution in [0.5, 0.6) is 0 Å². The van der Waals surface area contributed by atoms with Gasteiger partial charge in [-0.2, -0.15) is 0 Å². The van der Waals surface area contributed by atoms with E-state index < -0.39 is 18.2 Å². The van der Waals surface area contributed by atoms with Gasteiger partial charge in [-0.3, -0.25) is 0 Å². The smallest absolute Gasteiger partial charge is 0.338 e. The van der Waals surface area contributed by atoms with Gasteiger partial charge in [0.1, 0.15) is 6.67 Å². The van der Waals surface area contributed by atoms with Gasteiger partial charge in [-0.15, -0.1) is 0 Å². The van der Waals surface area contributed by atoms with Crippen LogP contribution in [-0.4, -0.2) is 28.5 Å². The third-order valence-corrected chi connectivity index (χ3v) is 0.721. The van der Waals surface area contributed by atoms with Gasteiger partial charge in [-0.25, -0.2) is 9.18 Å². The van der Waals surface area contributed by atoms with Crippen LogP contribution in [0.4, 0.5) is 4.39 Å². The molecule has 0 aliphatic carbocycles. The number of alkyl halides is 1. The first-order valence-corrected chi connectivity index (χ1v) is 2.02. The Labute approximate surface area is 45.7 Å². The van der Waals surface area contributed by atoms with Gasteiger partial charge in [0.05, 0.1) is 0 Å². The largest absolute Gasteiger partial charge is 0.479 e. The van der Waals surface area contributed by atoms with Gasteiger partial charge in [-0.05, 0) is 6.92 Å². The highest BCUT2D eigenvalue weighted by molar-refractivity contribution is 5.76. The second-order valence-corrected chi connectivity index (χ2v) is 1.71. The van der Waals surface area contributed by atoms with Gasteiger partial charge in [0.2, 0.25) is 0 Å². The molecule has 0 amide bonds. The number of aliphatic hydroxyl groups is 1. The van der Waals surface area contributed by atoms with E-state index in [1.165, 1.54) is 0 Å². The van der Waals surface area contributed by atoms with Crippen molar-refractivity contribution in [1.29, 1.82) is 0 Å². The summed E-state index contributed by atoms with van der Waals surface area (Å²) in [5.74, 6) is -1.54. The van der Waals surface area contributed by atoms with Gasteiger partial charge in [-0.1, -0.05) is 0 Å². The fourth-order valence-electron chi connectivity index (χ4n) is 0.0572. The SMILES string of the molecule is C[C@](O)(CF)C(=O)O. The zero-order chi connectivity index (χ0) is 6.78. The molecule has 0 aliphatic rings. The third-order valence-electron chi connectivity index (χ3n) is 0.721. The third kappa shape index (κ3) is 1.46. The Balaban J connectivity index is 3.91. The van der Waals surface area contributed by atoms with Crippen LogP contribution in [0.1, 0.15) is 6.92 Å². The molecule has 0 unspecified atom stereocenters. The standard InChI is InChI=1S/C4H7FO3/c1-4(8,2-5)3(6)7/h8H,2H2,1H3,(H,6,7)/t4-/m0/s1. The van der Waals surface area contributed by atoms with Gasteiger partial charge in [0.25, 0.3) is 0 Å². The van der Waals surface area contributed by atoms with E-state index in [4.69, 9.17) is 10.2 Å². The number of carboxylic acids is 1. The van der Waals surface area contributed by atoms with Crippen LogP contribution in [0.25, 0.3) is 0 Å². The van der Waals surface area contributed by atoms with Crippen molar-refractivity contribution in [3.63, 3.8) is 0 Å². The molecule has 8 heavy (non-hydrogen) atoms. The summed E-state index contributed by atoms with van der Waals surface area (Å²) in [6.45, 7) is -0.363. The van der Waals surface area contributed by atoms with Crippen molar-refractivity contribution in [3.8, 4) is 0 Å². The van der Waals surface area contributed by atoms with Crippen LogP contribution in [0, 0.1) is 0 Å². The molecule has 0 aromatic rings. The van der Waals surface area contributed by atoms with Crippen LogP contribution >= 0.6 is 0 Å². The number of rotatable bonds is 2. The molecule has 0 radical (unpaired) electrons. The van der Waals surface area contributed by atoms with E-state index in [-0.39, 0.29) is 0 Å². The average Bonchev–Trinajstić information content (AvgIpc) is 1.67. The topological polar surface area (TPSA) is 57.5 Å². The van der Waals surface area contributed by atoms with Crippen molar-refractivity contribution in [2.24, 2.45) is 0 Å². The molecular formula is C4H7FO3. The van der Waals surface area contributed by atoms with E-state index in [2.05, 4.69) is 0 Å². The summed E-state index contributed by atoms with van der Waals surface area (Å²) < 4.78 is 11.4. The van der Waals surface area contributed by atoms with Crippen LogP contribution in [0.3, 0.4) is 0 Å². The van der Waals surface area contributed by atoms with Crippen LogP contribution < -0.4 is 0 Å². The van der Waals surface area contributed by atoms with E-state index in [1.54, 1.807) is 0 Å². The van der Waals surface area contributed by atoms with Gasteiger partial charge in [0, 0.05) is 0 Å². The number of hydrogen-bond acceptors (Lipinski definition) is 2. The van der Waals surface area contributed by atoms with Crippen molar-refractivity contribution in [1.82, 2.24) is 0 Å². The normalized spacial score (nSPS) is 17.4. The number of carboxylic acid groups (broad SMARTS) is 1. The molecule has 0 saturated heterocycles. The average molecular weight is 122 g/mol. The minimum atomic E-state index is -2.21. The zero-order valence-corrected chi connectivity index (χ0v) is 4.39. The minimum absolute atomic E-state index is 0.898. The van der Waals surface area contributed by atoms with Gasteiger partial charge in [0.15, 0.2) is 5.60 Å².